The fourth-order valence-electron chi connectivity index (χ4n) is 2.86. The third-order valence-corrected chi connectivity index (χ3v) is 4.26. The van der Waals surface area contributed by atoms with E-state index in [1.54, 1.807) is 6.20 Å². The maximum atomic E-state index is 12.6. The molecule has 3 aromatic rings. The van der Waals surface area contributed by atoms with E-state index in [9.17, 15) is 4.79 Å². The molecule has 0 spiro atoms. The van der Waals surface area contributed by atoms with Gasteiger partial charge in [-0.2, -0.15) is 5.10 Å². The monoisotopic (exact) mass is 363 g/mol. The number of ether oxygens (including phenoxy) is 1. The second-order valence-electron chi connectivity index (χ2n) is 7.62. The van der Waals surface area contributed by atoms with Crippen molar-refractivity contribution in [3.8, 4) is 11.5 Å². The number of rotatable bonds is 4. The summed E-state index contributed by atoms with van der Waals surface area (Å²) in [5.74, 6) is 1.33. The summed E-state index contributed by atoms with van der Waals surface area (Å²) in [4.78, 5) is 12.6. The first-order valence-corrected chi connectivity index (χ1v) is 8.95. The van der Waals surface area contributed by atoms with E-state index in [2.05, 4.69) is 31.2 Å². The Labute approximate surface area is 160 Å². The van der Waals surface area contributed by atoms with Gasteiger partial charge in [-0.05, 0) is 71.0 Å². The van der Waals surface area contributed by atoms with Gasteiger partial charge in [-0.3, -0.25) is 9.48 Å². The summed E-state index contributed by atoms with van der Waals surface area (Å²) < 4.78 is 7.67. The van der Waals surface area contributed by atoms with Crippen LogP contribution in [0, 0.1) is 13.8 Å². The van der Waals surface area contributed by atoms with Crippen LogP contribution in [0.5, 0.6) is 11.5 Å². The largest absolute Gasteiger partial charge is 0.457 e. The molecule has 140 valence electrons. The topological polar surface area (TPSA) is 56.1 Å². The van der Waals surface area contributed by atoms with Gasteiger partial charge in [-0.25, -0.2) is 0 Å². The van der Waals surface area contributed by atoms with Gasteiger partial charge in [0.15, 0.2) is 0 Å². The molecule has 1 amide bonds. The lowest BCUT2D eigenvalue weighted by Crippen LogP contribution is -2.25. The minimum atomic E-state index is -0.171. The van der Waals surface area contributed by atoms with Gasteiger partial charge in [-0.15, -0.1) is 0 Å². The fraction of sp³-hybridized carbons (Fsp3) is 0.273. The standard InChI is InChI=1S/C22H25N3O2/c1-15-6-10-18(11-7-15)27-19-12-8-17(9-13-19)24-21(26)20-14-23-25(16(20)2)22(3,4)5/h6-14H,1-5H3,(H,24,26). The number of hydrogen-bond acceptors (Lipinski definition) is 3. The minimum Gasteiger partial charge on any atom is -0.457 e. The summed E-state index contributed by atoms with van der Waals surface area (Å²) in [6.07, 6.45) is 1.62. The molecule has 0 bridgehead atoms. The van der Waals surface area contributed by atoms with E-state index in [1.165, 1.54) is 5.56 Å². The summed E-state index contributed by atoms with van der Waals surface area (Å²) in [6.45, 7) is 10.1. The van der Waals surface area contributed by atoms with Crippen LogP contribution in [-0.4, -0.2) is 15.7 Å². The van der Waals surface area contributed by atoms with Gasteiger partial charge >= 0.3 is 0 Å². The summed E-state index contributed by atoms with van der Waals surface area (Å²) >= 11 is 0. The highest BCUT2D eigenvalue weighted by atomic mass is 16.5. The molecule has 1 aromatic heterocycles. The van der Waals surface area contributed by atoms with Gasteiger partial charge < -0.3 is 10.1 Å². The molecule has 0 saturated heterocycles. The first-order chi connectivity index (χ1) is 12.7. The van der Waals surface area contributed by atoms with Crippen molar-refractivity contribution in [1.82, 2.24) is 9.78 Å². The van der Waals surface area contributed by atoms with Gasteiger partial charge in [0, 0.05) is 11.4 Å². The smallest absolute Gasteiger partial charge is 0.259 e. The fourth-order valence-corrected chi connectivity index (χ4v) is 2.86. The number of carbonyl (C=O) groups is 1. The number of carbonyl (C=O) groups excluding carboxylic acids is 1. The lowest BCUT2D eigenvalue weighted by molar-refractivity contribution is 0.102. The number of anilines is 1. The zero-order valence-electron chi connectivity index (χ0n) is 16.4. The average molecular weight is 363 g/mol. The average Bonchev–Trinajstić information content (AvgIpc) is 3.00. The van der Waals surface area contributed by atoms with E-state index in [1.807, 2.05) is 67.1 Å². The molecule has 0 radical (unpaired) electrons. The Hall–Kier alpha value is -3.08. The Kier molecular flexibility index (Phi) is 5.04. The maximum absolute atomic E-state index is 12.6. The predicted octanol–water partition coefficient (Wildman–Crippen LogP) is 5.30. The summed E-state index contributed by atoms with van der Waals surface area (Å²) in [7, 11) is 0. The highest BCUT2D eigenvalue weighted by Crippen LogP contribution is 2.24. The zero-order valence-corrected chi connectivity index (χ0v) is 16.4. The van der Waals surface area contributed by atoms with Crippen LogP contribution in [0.1, 0.15) is 42.4 Å². The van der Waals surface area contributed by atoms with Crippen LogP contribution in [0.25, 0.3) is 0 Å². The van der Waals surface area contributed by atoms with Crippen molar-refractivity contribution in [3.05, 3.63) is 71.5 Å². The molecule has 3 rings (SSSR count). The van der Waals surface area contributed by atoms with E-state index in [0.29, 0.717) is 17.0 Å². The van der Waals surface area contributed by atoms with Gasteiger partial charge in [0.2, 0.25) is 0 Å². The highest BCUT2D eigenvalue weighted by Gasteiger charge is 2.21. The van der Waals surface area contributed by atoms with Crippen molar-refractivity contribution in [3.63, 3.8) is 0 Å². The Balaban J connectivity index is 1.68. The van der Waals surface area contributed by atoms with E-state index in [0.717, 1.165) is 11.4 Å². The van der Waals surface area contributed by atoms with E-state index < -0.39 is 0 Å². The molecule has 0 aliphatic heterocycles. The maximum Gasteiger partial charge on any atom is 0.259 e. The number of benzene rings is 2. The Morgan fingerprint density at radius 2 is 1.52 bits per heavy atom. The van der Waals surface area contributed by atoms with Crippen LogP contribution in [-0.2, 0) is 5.54 Å². The van der Waals surface area contributed by atoms with E-state index in [4.69, 9.17) is 4.74 Å². The second kappa shape index (κ2) is 7.27. The number of aryl methyl sites for hydroxylation is 1. The summed E-state index contributed by atoms with van der Waals surface area (Å²) in [6, 6.07) is 15.2. The first kappa shape index (κ1) is 18.7. The minimum absolute atomic E-state index is 0.169. The molecule has 0 aliphatic rings. The molecule has 1 N–H and O–H groups in total. The van der Waals surface area contributed by atoms with Gasteiger partial charge in [-0.1, -0.05) is 17.7 Å². The Bertz CT molecular complexity index is 933. The Morgan fingerprint density at radius 3 is 2.04 bits per heavy atom. The van der Waals surface area contributed by atoms with Gasteiger partial charge in [0.25, 0.3) is 5.91 Å². The van der Waals surface area contributed by atoms with Gasteiger partial charge in [0.05, 0.1) is 17.3 Å². The third-order valence-electron chi connectivity index (χ3n) is 4.26. The van der Waals surface area contributed by atoms with E-state index in [-0.39, 0.29) is 11.4 Å². The molecule has 0 aliphatic carbocycles. The molecule has 5 nitrogen and oxygen atoms in total. The van der Waals surface area contributed by atoms with Crippen molar-refractivity contribution in [2.24, 2.45) is 0 Å². The molecule has 0 fully saturated rings. The molecule has 2 aromatic carbocycles. The van der Waals surface area contributed by atoms with E-state index >= 15 is 0 Å². The molecule has 0 atom stereocenters. The summed E-state index contributed by atoms with van der Waals surface area (Å²) in [5, 5.41) is 7.27. The number of amides is 1. The molecular formula is C22H25N3O2. The second-order valence-corrected chi connectivity index (χ2v) is 7.62. The molecule has 0 saturated carbocycles. The number of nitrogens with zero attached hydrogens (tertiary/aromatic N) is 2. The van der Waals surface area contributed by atoms with Crippen molar-refractivity contribution >= 4 is 11.6 Å². The highest BCUT2D eigenvalue weighted by molar-refractivity contribution is 6.04. The van der Waals surface area contributed by atoms with Crippen molar-refractivity contribution in [2.75, 3.05) is 5.32 Å². The van der Waals surface area contributed by atoms with Crippen molar-refractivity contribution in [1.29, 1.82) is 0 Å². The quantitative estimate of drug-likeness (QED) is 0.684. The Morgan fingerprint density at radius 1 is 0.963 bits per heavy atom. The van der Waals surface area contributed by atoms with Crippen molar-refractivity contribution < 1.29 is 9.53 Å². The number of hydrogen-bond donors (Lipinski definition) is 1. The van der Waals surface area contributed by atoms with Crippen LogP contribution >= 0.6 is 0 Å². The molecule has 0 unspecified atom stereocenters. The normalized spacial score (nSPS) is 11.3. The lowest BCUT2D eigenvalue weighted by Gasteiger charge is -2.21. The zero-order chi connectivity index (χ0) is 19.6. The number of aromatic nitrogens is 2. The number of nitrogens with one attached hydrogen (secondary N) is 1. The van der Waals surface area contributed by atoms with Crippen molar-refractivity contribution in [2.45, 2.75) is 40.2 Å². The van der Waals surface area contributed by atoms with Crippen LogP contribution < -0.4 is 10.1 Å². The molecular weight excluding hydrogens is 338 g/mol. The lowest BCUT2D eigenvalue weighted by atomic mass is 10.1. The van der Waals surface area contributed by atoms with Gasteiger partial charge in [0.1, 0.15) is 11.5 Å². The molecule has 27 heavy (non-hydrogen) atoms. The predicted molar refractivity (Wildman–Crippen MR) is 108 cm³/mol. The first-order valence-electron chi connectivity index (χ1n) is 8.95. The molecule has 1 heterocycles. The van der Waals surface area contributed by atoms with Crippen LogP contribution in [0.2, 0.25) is 0 Å². The summed E-state index contributed by atoms with van der Waals surface area (Å²) in [5.41, 5.74) is 3.14. The van der Waals surface area contributed by atoms with Crippen LogP contribution in [0.15, 0.2) is 54.7 Å². The van der Waals surface area contributed by atoms with Crippen LogP contribution in [0.4, 0.5) is 5.69 Å². The third kappa shape index (κ3) is 4.37. The SMILES string of the molecule is Cc1ccc(Oc2ccc(NC(=O)c3cnn(C(C)(C)C)c3C)cc2)cc1. The van der Waals surface area contributed by atoms with Crippen LogP contribution in [0.3, 0.4) is 0 Å². The molecule has 5 heteroatoms.